The van der Waals surface area contributed by atoms with Crippen LogP contribution in [0.5, 0.6) is 11.5 Å². The van der Waals surface area contributed by atoms with Crippen molar-refractivity contribution in [3.05, 3.63) is 76.8 Å². The highest BCUT2D eigenvalue weighted by molar-refractivity contribution is 5.93. The van der Waals surface area contributed by atoms with E-state index in [2.05, 4.69) is 15.3 Å². The number of aromatic hydroxyl groups is 1. The largest absolute Gasteiger partial charge is 0.507 e. The summed E-state index contributed by atoms with van der Waals surface area (Å²) in [6.07, 6.45) is 3.33. The second kappa shape index (κ2) is 9.18. The van der Waals surface area contributed by atoms with Crippen LogP contribution in [0.4, 0.5) is 10.5 Å². The number of carbonyl (C=O) groups is 2. The number of anilines is 1. The normalized spacial score (nSPS) is 10.6. The Balaban J connectivity index is 1.76. The highest BCUT2D eigenvalue weighted by Crippen LogP contribution is 2.32. The Morgan fingerprint density at radius 2 is 2.00 bits per heavy atom. The van der Waals surface area contributed by atoms with Crippen molar-refractivity contribution in [2.45, 2.75) is 6.92 Å². The van der Waals surface area contributed by atoms with Gasteiger partial charge in [-0.25, -0.2) is 14.6 Å². The standard InChI is InChI=1S/C23H17N3O7/c1-2-31-23(30)26-15-9-14(32-22(29)13-5-4-8-24-11-13)12-25-21(15)19-10-17(28)20-16(27)6-3-7-18(20)33-19/h3-12,27H,2H2,1H3,(H,26,30). The second-order valence-electron chi connectivity index (χ2n) is 6.67. The van der Waals surface area contributed by atoms with Gasteiger partial charge in [0.2, 0.25) is 0 Å². The predicted octanol–water partition coefficient (Wildman–Crippen LogP) is 3.74. The Morgan fingerprint density at radius 1 is 1.15 bits per heavy atom. The molecule has 1 aromatic carbocycles. The summed E-state index contributed by atoms with van der Waals surface area (Å²) in [7, 11) is 0. The van der Waals surface area contributed by atoms with E-state index in [4.69, 9.17) is 13.9 Å². The van der Waals surface area contributed by atoms with E-state index in [9.17, 15) is 19.5 Å². The topological polar surface area (TPSA) is 141 Å². The molecule has 1 amide bonds. The fourth-order valence-electron chi connectivity index (χ4n) is 3.03. The summed E-state index contributed by atoms with van der Waals surface area (Å²) in [4.78, 5) is 45.1. The molecule has 0 spiro atoms. The Kier molecular flexibility index (Phi) is 5.98. The van der Waals surface area contributed by atoms with Gasteiger partial charge in [-0.1, -0.05) is 6.07 Å². The number of phenols is 1. The molecule has 0 aliphatic heterocycles. The average Bonchev–Trinajstić information content (AvgIpc) is 2.80. The minimum atomic E-state index is -0.780. The van der Waals surface area contributed by atoms with Gasteiger partial charge in [0.15, 0.2) is 16.9 Å². The lowest BCUT2D eigenvalue weighted by Gasteiger charge is -2.12. The maximum atomic E-state index is 12.6. The van der Waals surface area contributed by atoms with Crippen LogP contribution in [-0.2, 0) is 4.74 Å². The summed E-state index contributed by atoms with van der Waals surface area (Å²) in [5, 5.41) is 12.5. The van der Waals surface area contributed by atoms with Crippen molar-refractivity contribution in [3.63, 3.8) is 0 Å². The number of aromatic nitrogens is 2. The minimum absolute atomic E-state index is 0.0168. The fourth-order valence-corrected chi connectivity index (χ4v) is 3.03. The van der Waals surface area contributed by atoms with Crippen LogP contribution in [-0.4, -0.2) is 33.7 Å². The van der Waals surface area contributed by atoms with E-state index in [0.29, 0.717) is 0 Å². The van der Waals surface area contributed by atoms with Crippen LogP contribution in [0.25, 0.3) is 22.4 Å². The number of benzene rings is 1. The first kappa shape index (κ1) is 21.5. The molecule has 0 saturated heterocycles. The number of carbonyl (C=O) groups excluding carboxylic acids is 2. The van der Waals surface area contributed by atoms with Gasteiger partial charge in [-0.3, -0.25) is 15.1 Å². The third kappa shape index (κ3) is 4.64. The second-order valence-corrected chi connectivity index (χ2v) is 6.67. The van der Waals surface area contributed by atoms with Crippen LogP contribution in [0.15, 0.2) is 70.3 Å². The van der Waals surface area contributed by atoms with Crippen LogP contribution in [0.2, 0.25) is 0 Å². The van der Waals surface area contributed by atoms with Gasteiger partial charge in [0.05, 0.1) is 24.1 Å². The van der Waals surface area contributed by atoms with Crippen molar-refractivity contribution in [3.8, 4) is 23.0 Å². The van der Waals surface area contributed by atoms with Gasteiger partial charge < -0.3 is 19.0 Å². The lowest BCUT2D eigenvalue weighted by molar-refractivity contribution is 0.0734. The molecule has 0 aliphatic carbocycles. The summed E-state index contributed by atoms with van der Waals surface area (Å²) in [5.41, 5.74) is 0.0229. The number of nitrogens with one attached hydrogen (secondary N) is 1. The van der Waals surface area contributed by atoms with Gasteiger partial charge in [0.25, 0.3) is 0 Å². The molecule has 0 bridgehead atoms. The Bertz CT molecular complexity index is 1400. The third-order valence-corrected chi connectivity index (χ3v) is 4.45. The molecule has 0 radical (unpaired) electrons. The number of hydrogen-bond acceptors (Lipinski definition) is 9. The molecule has 3 heterocycles. The molecule has 0 aliphatic rings. The summed E-state index contributed by atoms with van der Waals surface area (Å²) < 4.78 is 16.0. The Morgan fingerprint density at radius 3 is 2.76 bits per heavy atom. The number of esters is 1. The molecule has 10 heteroatoms. The summed E-state index contributed by atoms with van der Waals surface area (Å²) in [6, 6.07) is 10.0. The number of amides is 1. The van der Waals surface area contributed by atoms with Gasteiger partial charge in [0, 0.05) is 24.5 Å². The van der Waals surface area contributed by atoms with E-state index in [-0.39, 0.29) is 51.8 Å². The van der Waals surface area contributed by atoms with Crippen molar-refractivity contribution in [2.24, 2.45) is 0 Å². The fraction of sp³-hybridized carbons (Fsp3) is 0.0870. The first-order chi connectivity index (χ1) is 16.0. The zero-order chi connectivity index (χ0) is 23.4. The lowest BCUT2D eigenvalue weighted by atomic mass is 10.1. The van der Waals surface area contributed by atoms with Crippen LogP contribution < -0.4 is 15.5 Å². The van der Waals surface area contributed by atoms with Crippen molar-refractivity contribution in [2.75, 3.05) is 11.9 Å². The number of phenolic OH excluding ortho intramolecular Hbond substituents is 1. The summed E-state index contributed by atoms with van der Waals surface area (Å²) in [6.45, 7) is 1.76. The number of hydrogen-bond donors (Lipinski definition) is 2. The number of fused-ring (bicyclic) bond motifs is 1. The van der Waals surface area contributed by atoms with Crippen molar-refractivity contribution >= 4 is 28.7 Å². The molecule has 10 nitrogen and oxygen atoms in total. The van der Waals surface area contributed by atoms with Crippen LogP contribution in [0, 0.1) is 0 Å². The average molecular weight is 447 g/mol. The lowest BCUT2D eigenvalue weighted by Crippen LogP contribution is -2.15. The maximum absolute atomic E-state index is 12.6. The highest BCUT2D eigenvalue weighted by atomic mass is 16.5. The quantitative estimate of drug-likeness (QED) is 0.438. The van der Waals surface area contributed by atoms with E-state index in [0.717, 1.165) is 6.07 Å². The molecule has 4 rings (SSSR count). The summed E-state index contributed by atoms with van der Waals surface area (Å²) in [5.74, 6) is -0.842. The Hall–Kier alpha value is -4.73. The van der Waals surface area contributed by atoms with Crippen molar-refractivity contribution in [1.82, 2.24) is 9.97 Å². The van der Waals surface area contributed by atoms with E-state index in [1.54, 1.807) is 13.0 Å². The van der Waals surface area contributed by atoms with Gasteiger partial charge in [0.1, 0.15) is 22.4 Å². The number of pyridine rings is 2. The predicted molar refractivity (Wildman–Crippen MR) is 117 cm³/mol. The van der Waals surface area contributed by atoms with Crippen molar-refractivity contribution in [1.29, 1.82) is 0 Å². The molecule has 33 heavy (non-hydrogen) atoms. The zero-order valence-electron chi connectivity index (χ0n) is 17.3. The molecule has 0 atom stereocenters. The van der Waals surface area contributed by atoms with Gasteiger partial charge in [-0.15, -0.1) is 0 Å². The first-order valence-electron chi connectivity index (χ1n) is 9.78. The molecule has 2 N–H and O–H groups in total. The van der Waals surface area contributed by atoms with E-state index >= 15 is 0 Å². The van der Waals surface area contributed by atoms with Crippen LogP contribution in [0.1, 0.15) is 17.3 Å². The molecule has 0 saturated carbocycles. The first-order valence-corrected chi connectivity index (χ1v) is 9.78. The molecule has 0 unspecified atom stereocenters. The highest BCUT2D eigenvalue weighted by Gasteiger charge is 2.18. The monoisotopic (exact) mass is 447 g/mol. The van der Waals surface area contributed by atoms with E-state index in [1.165, 1.54) is 48.9 Å². The molecule has 0 fully saturated rings. The molecular weight excluding hydrogens is 430 g/mol. The van der Waals surface area contributed by atoms with Gasteiger partial charge >= 0.3 is 12.1 Å². The third-order valence-electron chi connectivity index (χ3n) is 4.45. The minimum Gasteiger partial charge on any atom is -0.507 e. The maximum Gasteiger partial charge on any atom is 0.411 e. The van der Waals surface area contributed by atoms with Gasteiger partial charge in [-0.2, -0.15) is 0 Å². The molecule has 166 valence electrons. The molecule has 4 aromatic rings. The summed E-state index contributed by atoms with van der Waals surface area (Å²) >= 11 is 0. The van der Waals surface area contributed by atoms with Crippen molar-refractivity contribution < 1.29 is 28.6 Å². The van der Waals surface area contributed by atoms with Crippen LogP contribution >= 0.6 is 0 Å². The smallest absolute Gasteiger partial charge is 0.411 e. The molecule has 3 aromatic heterocycles. The number of ether oxygens (including phenoxy) is 2. The number of rotatable bonds is 5. The van der Waals surface area contributed by atoms with Gasteiger partial charge in [-0.05, 0) is 31.2 Å². The Labute approximate surface area is 186 Å². The van der Waals surface area contributed by atoms with Crippen LogP contribution in [0.3, 0.4) is 0 Å². The van der Waals surface area contributed by atoms with E-state index < -0.39 is 17.5 Å². The molecular formula is C23H17N3O7. The SMILES string of the molecule is CCOC(=O)Nc1cc(OC(=O)c2cccnc2)cnc1-c1cc(=O)c2c(O)cccc2o1. The van der Waals surface area contributed by atoms with E-state index in [1.807, 2.05) is 0 Å². The number of nitrogens with zero attached hydrogens (tertiary/aromatic N) is 2. The zero-order valence-corrected chi connectivity index (χ0v) is 17.3.